The van der Waals surface area contributed by atoms with Crippen LogP contribution in [-0.2, 0) is 4.79 Å². The van der Waals surface area contributed by atoms with E-state index in [2.05, 4.69) is 19.2 Å². The van der Waals surface area contributed by atoms with E-state index in [9.17, 15) is 9.90 Å². The van der Waals surface area contributed by atoms with Crippen molar-refractivity contribution in [2.24, 2.45) is 5.41 Å². The number of nitrogens with zero attached hydrogens (tertiary/aromatic N) is 1. The Morgan fingerprint density at radius 1 is 1.50 bits per heavy atom. The van der Waals surface area contributed by atoms with Crippen LogP contribution in [0, 0.1) is 5.41 Å². The monoisotopic (exact) mass is 228 g/mol. The Balaban J connectivity index is 2.11. The van der Waals surface area contributed by atoms with E-state index >= 15 is 0 Å². The third-order valence-electron chi connectivity index (χ3n) is 3.67. The molecular formula is C12H24N2O2. The molecule has 2 N–H and O–H groups in total. The summed E-state index contributed by atoms with van der Waals surface area (Å²) < 4.78 is 0. The zero-order valence-corrected chi connectivity index (χ0v) is 10.8. The zero-order chi connectivity index (χ0) is 12.3. The maximum atomic E-state index is 11.3. The molecular weight excluding hydrogens is 204 g/mol. The molecule has 0 radical (unpaired) electrons. The van der Waals surface area contributed by atoms with E-state index in [4.69, 9.17) is 0 Å². The number of aliphatic hydroxyl groups excluding tert-OH is 1. The molecule has 0 aromatic rings. The van der Waals surface area contributed by atoms with E-state index in [0.29, 0.717) is 12.5 Å². The van der Waals surface area contributed by atoms with Crippen molar-refractivity contribution >= 4 is 5.91 Å². The van der Waals surface area contributed by atoms with Gasteiger partial charge in [-0.05, 0) is 19.4 Å². The molecule has 1 fully saturated rings. The fourth-order valence-electron chi connectivity index (χ4n) is 1.99. The van der Waals surface area contributed by atoms with Crippen LogP contribution >= 0.6 is 0 Å². The standard InChI is InChI=1S/C12H24N2O2/c1-12(2)9(8-10(12)15)13-7-5-6-11(16)14(3)4/h9-10,13,15H,5-8H2,1-4H3. The van der Waals surface area contributed by atoms with Crippen LogP contribution in [0.1, 0.15) is 33.1 Å². The van der Waals surface area contributed by atoms with Gasteiger partial charge >= 0.3 is 0 Å². The second-order valence-electron chi connectivity index (χ2n) is 5.47. The lowest BCUT2D eigenvalue weighted by atomic mass is 9.64. The van der Waals surface area contributed by atoms with Crippen LogP contribution in [0.5, 0.6) is 0 Å². The van der Waals surface area contributed by atoms with Crippen LogP contribution in [0.15, 0.2) is 0 Å². The third kappa shape index (κ3) is 2.95. The van der Waals surface area contributed by atoms with Gasteiger partial charge in [-0.25, -0.2) is 0 Å². The van der Waals surface area contributed by atoms with E-state index in [1.807, 2.05) is 0 Å². The summed E-state index contributed by atoms with van der Waals surface area (Å²) in [5.74, 6) is 0.176. The minimum Gasteiger partial charge on any atom is -0.392 e. The number of nitrogens with one attached hydrogen (secondary N) is 1. The van der Waals surface area contributed by atoms with E-state index in [0.717, 1.165) is 19.4 Å². The van der Waals surface area contributed by atoms with Gasteiger partial charge < -0.3 is 15.3 Å². The first-order chi connectivity index (χ1) is 7.35. The first kappa shape index (κ1) is 13.5. The second-order valence-corrected chi connectivity index (χ2v) is 5.47. The van der Waals surface area contributed by atoms with Gasteiger partial charge in [-0.1, -0.05) is 13.8 Å². The van der Waals surface area contributed by atoms with Gasteiger partial charge in [0, 0.05) is 32.0 Å². The highest BCUT2D eigenvalue weighted by molar-refractivity contribution is 5.75. The van der Waals surface area contributed by atoms with Crippen LogP contribution in [0.25, 0.3) is 0 Å². The van der Waals surface area contributed by atoms with E-state index in [1.54, 1.807) is 19.0 Å². The van der Waals surface area contributed by atoms with Crippen molar-refractivity contribution < 1.29 is 9.90 Å². The van der Waals surface area contributed by atoms with Gasteiger partial charge in [0.15, 0.2) is 0 Å². The molecule has 1 aliphatic rings. The molecule has 4 heteroatoms. The van der Waals surface area contributed by atoms with Crippen molar-refractivity contribution in [3.05, 3.63) is 0 Å². The average Bonchev–Trinajstić information content (AvgIpc) is 2.21. The number of rotatable bonds is 5. The minimum atomic E-state index is -0.187. The SMILES string of the molecule is CN(C)C(=O)CCCNC1CC(O)C1(C)C. The molecule has 0 aromatic carbocycles. The predicted octanol–water partition coefficient (Wildman–Crippen LogP) is 0.604. The van der Waals surface area contributed by atoms with E-state index in [1.165, 1.54) is 0 Å². The van der Waals surface area contributed by atoms with Gasteiger partial charge in [0.25, 0.3) is 0 Å². The maximum Gasteiger partial charge on any atom is 0.222 e. The van der Waals surface area contributed by atoms with Crippen molar-refractivity contribution in [3.8, 4) is 0 Å². The van der Waals surface area contributed by atoms with Crippen LogP contribution in [0.4, 0.5) is 0 Å². The first-order valence-corrected chi connectivity index (χ1v) is 5.97. The summed E-state index contributed by atoms with van der Waals surface area (Å²) >= 11 is 0. The van der Waals surface area contributed by atoms with Gasteiger partial charge in [0.1, 0.15) is 0 Å². The average molecular weight is 228 g/mol. The molecule has 0 aliphatic heterocycles. The number of hydrogen-bond donors (Lipinski definition) is 2. The lowest BCUT2D eigenvalue weighted by molar-refractivity contribution is -0.128. The molecule has 16 heavy (non-hydrogen) atoms. The molecule has 0 spiro atoms. The fourth-order valence-corrected chi connectivity index (χ4v) is 1.99. The minimum absolute atomic E-state index is 0.0223. The van der Waals surface area contributed by atoms with Crippen LogP contribution in [0.2, 0.25) is 0 Å². The van der Waals surface area contributed by atoms with Crippen LogP contribution in [0.3, 0.4) is 0 Å². The number of carbonyl (C=O) groups is 1. The Hall–Kier alpha value is -0.610. The number of amides is 1. The van der Waals surface area contributed by atoms with Gasteiger partial charge in [0.2, 0.25) is 5.91 Å². The summed E-state index contributed by atoms with van der Waals surface area (Å²) in [6.45, 7) is 4.99. The molecule has 4 nitrogen and oxygen atoms in total. The summed E-state index contributed by atoms with van der Waals surface area (Å²) in [5, 5.41) is 13.0. The molecule has 0 heterocycles. The summed E-state index contributed by atoms with van der Waals surface area (Å²) in [4.78, 5) is 12.9. The lowest BCUT2D eigenvalue weighted by Crippen LogP contribution is -2.60. The summed E-state index contributed by atoms with van der Waals surface area (Å²) in [6, 6.07) is 0.386. The highest BCUT2D eigenvalue weighted by atomic mass is 16.3. The number of hydrogen-bond acceptors (Lipinski definition) is 3. The highest BCUT2D eigenvalue weighted by Gasteiger charge is 2.46. The molecule has 1 rings (SSSR count). The van der Waals surface area contributed by atoms with E-state index in [-0.39, 0.29) is 17.4 Å². The Bertz CT molecular complexity index is 251. The molecule has 2 atom stereocenters. The smallest absolute Gasteiger partial charge is 0.222 e. The van der Waals surface area contributed by atoms with Crippen molar-refractivity contribution in [1.29, 1.82) is 0 Å². The second kappa shape index (κ2) is 5.15. The quantitative estimate of drug-likeness (QED) is 0.678. The van der Waals surface area contributed by atoms with Crippen molar-refractivity contribution in [2.75, 3.05) is 20.6 Å². The molecule has 1 saturated carbocycles. The molecule has 1 aliphatic carbocycles. The maximum absolute atomic E-state index is 11.3. The van der Waals surface area contributed by atoms with Crippen LogP contribution in [-0.4, -0.2) is 48.7 Å². The van der Waals surface area contributed by atoms with Crippen LogP contribution < -0.4 is 5.32 Å². The first-order valence-electron chi connectivity index (χ1n) is 5.97. The third-order valence-corrected chi connectivity index (χ3v) is 3.67. The molecule has 1 amide bonds. The molecule has 0 aromatic heterocycles. The van der Waals surface area contributed by atoms with E-state index < -0.39 is 0 Å². The Labute approximate surface area is 98.0 Å². The molecule has 0 bridgehead atoms. The highest BCUT2D eigenvalue weighted by Crippen LogP contribution is 2.40. The Morgan fingerprint density at radius 2 is 2.12 bits per heavy atom. The summed E-state index contributed by atoms with van der Waals surface area (Å²) in [5.41, 5.74) is -0.0223. The fraction of sp³-hybridized carbons (Fsp3) is 0.917. The summed E-state index contributed by atoms with van der Waals surface area (Å²) in [6.07, 6.45) is 2.10. The van der Waals surface area contributed by atoms with Crippen molar-refractivity contribution in [1.82, 2.24) is 10.2 Å². The summed E-state index contributed by atoms with van der Waals surface area (Å²) in [7, 11) is 3.56. The van der Waals surface area contributed by atoms with Gasteiger partial charge in [0.05, 0.1) is 6.10 Å². The van der Waals surface area contributed by atoms with Crippen molar-refractivity contribution in [3.63, 3.8) is 0 Å². The molecule has 2 unspecified atom stereocenters. The zero-order valence-electron chi connectivity index (χ0n) is 10.8. The largest absolute Gasteiger partial charge is 0.392 e. The number of carbonyl (C=O) groups excluding carboxylic acids is 1. The predicted molar refractivity (Wildman–Crippen MR) is 64.1 cm³/mol. The number of aliphatic hydroxyl groups is 1. The van der Waals surface area contributed by atoms with Gasteiger partial charge in [-0.2, -0.15) is 0 Å². The molecule has 0 saturated heterocycles. The van der Waals surface area contributed by atoms with Crippen molar-refractivity contribution in [2.45, 2.75) is 45.3 Å². The Kier molecular flexibility index (Phi) is 4.33. The van der Waals surface area contributed by atoms with Gasteiger partial charge in [-0.15, -0.1) is 0 Å². The lowest BCUT2D eigenvalue weighted by Gasteiger charge is -2.49. The van der Waals surface area contributed by atoms with Gasteiger partial charge in [-0.3, -0.25) is 4.79 Å². The topological polar surface area (TPSA) is 52.6 Å². The molecule has 94 valence electrons. The Morgan fingerprint density at radius 3 is 2.56 bits per heavy atom. The normalized spacial score (nSPS) is 27.3.